The van der Waals surface area contributed by atoms with Crippen LogP contribution in [-0.2, 0) is 10.0 Å². The molecule has 2 unspecified atom stereocenters. The Bertz CT molecular complexity index is 596. The van der Waals surface area contributed by atoms with Crippen molar-refractivity contribution in [3.63, 3.8) is 0 Å². The van der Waals surface area contributed by atoms with Gasteiger partial charge in [0.05, 0.1) is 4.90 Å². The van der Waals surface area contributed by atoms with E-state index >= 15 is 0 Å². The van der Waals surface area contributed by atoms with Crippen LogP contribution < -0.4 is 10.5 Å². The molecule has 0 aromatic heterocycles. The fourth-order valence-electron chi connectivity index (χ4n) is 1.80. The maximum absolute atomic E-state index is 12.2. The van der Waals surface area contributed by atoms with Crippen LogP contribution >= 0.6 is 0 Å². The van der Waals surface area contributed by atoms with Gasteiger partial charge < -0.3 is 5.32 Å². The van der Waals surface area contributed by atoms with Crippen LogP contribution in [0.15, 0.2) is 23.1 Å². The minimum Gasteiger partial charge on any atom is -0.349 e. The van der Waals surface area contributed by atoms with Gasteiger partial charge in [-0.15, -0.1) is 0 Å². The smallest absolute Gasteiger partial charge is 0.251 e. The number of hydrogen-bond acceptors (Lipinski definition) is 3. The van der Waals surface area contributed by atoms with Gasteiger partial charge in [0.1, 0.15) is 0 Å². The van der Waals surface area contributed by atoms with E-state index in [4.69, 9.17) is 5.14 Å². The fraction of sp³-hybridized carbons (Fsp3) is 0.500. The summed E-state index contributed by atoms with van der Waals surface area (Å²) >= 11 is 0. The second kappa shape index (κ2) is 6.37. The minimum absolute atomic E-state index is 0.0186. The third kappa shape index (κ3) is 4.05. The molecule has 2 atom stereocenters. The first-order chi connectivity index (χ1) is 9.16. The Kier molecular flexibility index (Phi) is 5.30. The molecule has 5 nitrogen and oxygen atoms in total. The first-order valence-electron chi connectivity index (χ1n) is 6.61. The molecule has 0 bridgehead atoms. The van der Waals surface area contributed by atoms with Gasteiger partial charge in [-0.1, -0.05) is 26.3 Å². The highest BCUT2D eigenvalue weighted by atomic mass is 32.2. The highest BCUT2D eigenvalue weighted by Crippen LogP contribution is 2.15. The molecule has 0 aliphatic rings. The molecule has 112 valence electrons. The zero-order valence-corrected chi connectivity index (χ0v) is 13.1. The number of carbonyl (C=O) groups excluding carboxylic acids is 1. The molecule has 0 heterocycles. The zero-order chi connectivity index (χ0) is 15.5. The number of amides is 1. The number of rotatable bonds is 5. The van der Waals surface area contributed by atoms with Gasteiger partial charge in [-0.05, 0) is 37.5 Å². The summed E-state index contributed by atoms with van der Waals surface area (Å²) in [5.74, 6) is 0.0708. The van der Waals surface area contributed by atoms with Crippen molar-refractivity contribution in [2.75, 3.05) is 0 Å². The number of nitrogens with one attached hydrogen (secondary N) is 1. The average molecular weight is 298 g/mol. The summed E-state index contributed by atoms with van der Waals surface area (Å²) in [4.78, 5) is 12.2. The second-order valence-corrected chi connectivity index (χ2v) is 6.73. The van der Waals surface area contributed by atoms with Gasteiger partial charge >= 0.3 is 0 Å². The van der Waals surface area contributed by atoms with Crippen LogP contribution in [-0.4, -0.2) is 20.4 Å². The van der Waals surface area contributed by atoms with Gasteiger partial charge in [0.15, 0.2) is 0 Å². The van der Waals surface area contributed by atoms with E-state index in [0.29, 0.717) is 17.0 Å². The molecule has 0 saturated carbocycles. The third-order valence-corrected chi connectivity index (χ3v) is 4.55. The molecule has 1 amide bonds. The standard InChI is InChI=1S/C14H22N2O3S/c1-5-9(2)11(4)16-14(17)13-8-12(20(15,18)19)7-6-10(13)3/h6-9,11H,5H2,1-4H3,(H,16,17)(H2,15,18,19). The largest absolute Gasteiger partial charge is 0.349 e. The van der Waals surface area contributed by atoms with Gasteiger partial charge in [0.25, 0.3) is 5.91 Å². The number of hydrogen-bond donors (Lipinski definition) is 2. The topological polar surface area (TPSA) is 89.3 Å². The van der Waals surface area contributed by atoms with Gasteiger partial charge in [0, 0.05) is 11.6 Å². The summed E-state index contributed by atoms with van der Waals surface area (Å²) in [7, 11) is -3.81. The van der Waals surface area contributed by atoms with Gasteiger partial charge in [-0.3, -0.25) is 4.79 Å². The van der Waals surface area contributed by atoms with Crippen LogP contribution in [0.2, 0.25) is 0 Å². The molecule has 1 aromatic carbocycles. The van der Waals surface area contributed by atoms with E-state index in [9.17, 15) is 13.2 Å². The Morgan fingerprint density at radius 3 is 2.45 bits per heavy atom. The molecule has 1 rings (SSSR count). The lowest BCUT2D eigenvalue weighted by atomic mass is 10.00. The van der Waals surface area contributed by atoms with Crippen molar-refractivity contribution in [3.8, 4) is 0 Å². The Balaban J connectivity index is 3.04. The van der Waals surface area contributed by atoms with Crippen LogP contribution in [0, 0.1) is 12.8 Å². The van der Waals surface area contributed by atoms with Crippen molar-refractivity contribution in [2.45, 2.75) is 45.1 Å². The molecule has 0 aliphatic carbocycles. The minimum atomic E-state index is -3.81. The molecule has 0 spiro atoms. The Morgan fingerprint density at radius 1 is 1.35 bits per heavy atom. The average Bonchev–Trinajstić information content (AvgIpc) is 2.36. The SMILES string of the molecule is CCC(C)C(C)NC(=O)c1cc(S(N)(=O)=O)ccc1C. The van der Waals surface area contributed by atoms with E-state index in [1.54, 1.807) is 13.0 Å². The van der Waals surface area contributed by atoms with Gasteiger partial charge in [0.2, 0.25) is 10.0 Å². The lowest BCUT2D eigenvalue weighted by Gasteiger charge is -2.20. The van der Waals surface area contributed by atoms with Crippen molar-refractivity contribution in [1.29, 1.82) is 0 Å². The van der Waals surface area contributed by atoms with E-state index in [1.807, 2.05) is 6.92 Å². The molecule has 20 heavy (non-hydrogen) atoms. The van der Waals surface area contributed by atoms with E-state index in [1.165, 1.54) is 12.1 Å². The number of aryl methyl sites for hydroxylation is 1. The first kappa shape index (κ1) is 16.7. The van der Waals surface area contributed by atoms with Crippen molar-refractivity contribution >= 4 is 15.9 Å². The molecule has 6 heteroatoms. The lowest BCUT2D eigenvalue weighted by molar-refractivity contribution is 0.0927. The maximum Gasteiger partial charge on any atom is 0.251 e. The summed E-state index contributed by atoms with van der Waals surface area (Å²) in [6.07, 6.45) is 0.956. The summed E-state index contributed by atoms with van der Waals surface area (Å²) < 4.78 is 22.7. The molecule has 1 aromatic rings. The third-order valence-electron chi connectivity index (χ3n) is 3.64. The maximum atomic E-state index is 12.2. The van der Waals surface area contributed by atoms with Crippen LogP contribution in [0.5, 0.6) is 0 Å². The molecule has 0 aliphatic heterocycles. The number of primary sulfonamides is 1. The molecule has 0 radical (unpaired) electrons. The van der Waals surface area contributed by atoms with E-state index in [0.717, 1.165) is 6.42 Å². The highest BCUT2D eigenvalue weighted by Gasteiger charge is 2.18. The Morgan fingerprint density at radius 2 is 1.95 bits per heavy atom. The van der Waals surface area contributed by atoms with E-state index < -0.39 is 10.0 Å². The molecular weight excluding hydrogens is 276 g/mol. The predicted molar refractivity (Wildman–Crippen MR) is 78.9 cm³/mol. The van der Waals surface area contributed by atoms with Crippen LogP contribution in [0.25, 0.3) is 0 Å². The van der Waals surface area contributed by atoms with Crippen molar-refractivity contribution in [1.82, 2.24) is 5.32 Å². The van der Waals surface area contributed by atoms with E-state index in [-0.39, 0.29) is 16.8 Å². The van der Waals surface area contributed by atoms with Crippen LogP contribution in [0.4, 0.5) is 0 Å². The summed E-state index contributed by atoms with van der Waals surface area (Å²) in [6.45, 7) is 7.80. The highest BCUT2D eigenvalue weighted by molar-refractivity contribution is 7.89. The van der Waals surface area contributed by atoms with Gasteiger partial charge in [-0.2, -0.15) is 0 Å². The van der Waals surface area contributed by atoms with Crippen molar-refractivity contribution in [3.05, 3.63) is 29.3 Å². The normalized spacial score (nSPS) is 14.7. The lowest BCUT2D eigenvalue weighted by Crippen LogP contribution is -2.37. The molecule has 0 fully saturated rings. The molecule has 3 N–H and O–H groups in total. The Hall–Kier alpha value is -1.40. The molecular formula is C14H22N2O3S. The van der Waals surface area contributed by atoms with Crippen LogP contribution in [0.3, 0.4) is 0 Å². The van der Waals surface area contributed by atoms with Gasteiger partial charge in [-0.25, -0.2) is 13.6 Å². The summed E-state index contributed by atoms with van der Waals surface area (Å²) in [6, 6.07) is 4.33. The van der Waals surface area contributed by atoms with Crippen LogP contribution in [0.1, 0.15) is 43.1 Å². The number of sulfonamides is 1. The van der Waals surface area contributed by atoms with Crippen molar-refractivity contribution in [2.24, 2.45) is 11.1 Å². The molecule has 0 saturated heterocycles. The Labute approximate surface area is 120 Å². The van der Waals surface area contributed by atoms with Crippen molar-refractivity contribution < 1.29 is 13.2 Å². The fourth-order valence-corrected chi connectivity index (χ4v) is 2.34. The van der Waals surface area contributed by atoms with E-state index in [2.05, 4.69) is 19.2 Å². The first-order valence-corrected chi connectivity index (χ1v) is 8.15. The number of carbonyl (C=O) groups is 1. The number of benzene rings is 1. The summed E-state index contributed by atoms with van der Waals surface area (Å²) in [5, 5.41) is 7.98. The second-order valence-electron chi connectivity index (χ2n) is 5.17. The predicted octanol–water partition coefficient (Wildman–Crippen LogP) is 1.81. The zero-order valence-electron chi connectivity index (χ0n) is 12.3. The number of nitrogens with two attached hydrogens (primary N) is 1. The summed E-state index contributed by atoms with van der Waals surface area (Å²) in [5.41, 5.74) is 1.05. The monoisotopic (exact) mass is 298 g/mol. The quantitative estimate of drug-likeness (QED) is 0.868.